The second kappa shape index (κ2) is 5.13. The molecule has 2 aromatic rings. The molecule has 0 bridgehead atoms. The smallest absolute Gasteiger partial charge is 0.337 e. The highest BCUT2D eigenvalue weighted by atomic mass is 35.5. The number of aromatic carboxylic acids is 1. The Hall–Kier alpha value is -2.08. The van der Waals surface area contributed by atoms with Gasteiger partial charge in [0, 0.05) is 25.1 Å². The summed E-state index contributed by atoms with van der Waals surface area (Å²) in [7, 11) is 0. The summed E-state index contributed by atoms with van der Waals surface area (Å²) in [6, 6.07) is 1.54. The number of rotatable bonds is 3. The second-order valence-corrected chi connectivity index (χ2v) is 5.07. The van der Waals surface area contributed by atoms with Crippen molar-refractivity contribution in [3.05, 3.63) is 41.1 Å². The van der Waals surface area contributed by atoms with Crippen LogP contribution in [0.15, 0.2) is 24.7 Å². The largest absolute Gasteiger partial charge is 0.478 e. The highest BCUT2D eigenvalue weighted by molar-refractivity contribution is 6.33. The molecule has 0 aromatic carbocycles. The van der Waals surface area contributed by atoms with Gasteiger partial charge < -0.3 is 15.0 Å². The van der Waals surface area contributed by atoms with Crippen LogP contribution >= 0.6 is 11.6 Å². The lowest BCUT2D eigenvalue weighted by Gasteiger charge is -2.25. The molecule has 1 saturated heterocycles. The van der Waals surface area contributed by atoms with Crippen molar-refractivity contribution in [2.45, 2.75) is 18.9 Å². The molecule has 2 N–H and O–H groups in total. The topological polar surface area (TPSA) is 82.1 Å². The van der Waals surface area contributed by atoms with Crippen LogP contribution < -0.4 is 4.90 Å². The standard InChI is InChI=1S/C13H13ClN4O2/c14-9-6-8(13(19)20)7-17-12(9)18-5-1-2-10(18)11-15-3-4-16-11/h3-4,6-7,10H,1-2,5H2,(H,15,16)(H,19,20)/t10-/m0/s1. The SMILES string of the molecule is O=C(O)c1cnc(N2CCC[C@H]2c2ncc[nH]2)c(Cl)c1. The van der Waals surface area contributed by atoms with Crippen LogP contribution in [0, 0.1) is 0 Å². The predicted octanol–water partition coefficient (Wildman–Crippen LogP) is 2.50. The van der Waals surface area contributed by atoms with Crippen molar-refractivity contribution in [1.29, 1.82) is 0 Å². The first-order valence-corrected chi connectivity index (χ1v) is 6.69. The summed E-state index contributed by atoms with van der Waals surface area (Å²) in [5.74, 6) is 0.452. The van der Waals surface area contributed by atoms with Gasteiger partial charge in [0.1, 0.15) is 11.6 Å². The first kappa shape index (κ1) is 12.9. The van der Waals surface area contributed by atoms with E-state index in [0.717, 1.165) is 25.2 Å². The van der Waals surface area contributed by atoms with Crippen LogP contribution in [0.1, 0.15) is 35.1 Å². The minimum Gasteiger partial charge on any atom is -0.478 e. The highest BCUT2D eigenvalue weighted by Gasteiger charge is 2.30. The molecule has 3 heterocycles. The first-order chi connectivity index (χ1) is 9.66. The number of nitrogens with one attached hydrogen (secondary N) is 1. The molecular formula is C13H13ClN4O2. The zero-order valence-corrected chi connectivity index (χ0v) is 11.3. The quantitative estimate of drug-likeness (QED) is 0.908. The average Bonchev–Trinajstić information content (AvgIpc) is 3.09. The molecule has 20 heavy (non-hydrogen) atoms. The first-order valence-electron chi connectivity index (χ1n) is 6.31. The van der Waals surface area contributed by atoms with Gasteiger partial charge in [-0.1, -0.05) is 11.6 Å². The fourth-order valence-electron chi connectivity index (χ4n) is 2.52. The van der Waals surface area contributed by atoms with Crippen molar-refractivity contribution in [2.24, 2.45) is 0 Å². The fourth-order valence-corrected chi connectivity index (χ4v) is 2.80. The molecule has 2 aromatic heterocycles. The number of carboxylic acid groups (broad SMARTS) is 1. The van der Waals surface area contributed by atoms with Gasteiger partial charge in [0.2, 0.25) is 0 Å². The van der Waals surface area contributed by atoms with E-state index < -0.39 is 5.97 Å². The molecule has 1 aliphatic rings. The molecule has 0 unspecified atom stereocenters. The molecular weight excluding hydrogens is 280 g/mol. The second-order valence-electron chi connectivity index (χ2n) is 4.66. The Morgan fingerprint density at radius 2 is 2.35 bits per heavy atom. The number of aromatic amines is 1. The maximum atomic E-state index is 10.9. The lowest BCUT2D eigenvalue weighted by Crippen LogP contribution is -2.24. The summed E-state index contributed by atoms with van der Waals surface area (Å²) >= 11 is 6.18. The number of carbonyl (C=O) groups is 1. The number of halogens is 1. The van der Waals surface area contributed by atoms with Crippen LogP contribution in [0.2, 0.25) is 5.02 Å². The maximum Gasteiger partial charge on any atom is 0.337 e. The molecule has 0 amide bonds. The third kappa shape index (κ3) is 2.22. The number of hydrogen-bond acceptors (Lipinski definition) is 4. The van der Waals surface area contributed by atoms with Crippen molar-refractivity contribution in [1.82, 2.24) is 15.0 Å². The van der Waals surface area contributed by atoms with Gasteiger partial charge in [-0.2, -0.15) is 0 Å². The molecule has 1 atom stereocenters. The molecule has 104 valence electrons. The van der Waals surface area contributed by atoms with Crippen LogP contribution in [0.4, 0.5) is 5.82 Å². The third-order valence-corrected chi connectivity index (χ3v) is 3.71. The third-order valence-electron chi connectivity index (χ3n) is 3.43. The van der Waals surface area contributed by atoms with Crippen molar-refractivity contribution < 1.29 is 9.90 Å². The molecule has 0 radical (unpaired) electrons. The van der Waals surface area contributed by atoms with Gasteiger partial charge in [-0.05, 0) is 18.9 Å². The Bertz CT molecular complexity index is 629. The van der Waals surface area contributed by atoms with Gasteiger partial charge in [-0.3, -0.25) is 0 Å². The summed E-state index contributed by atoms with van der Waals surface area (Å²) < 4.78 is 0. The van der Waals surface area contributed by atoms with Gasteiger partial charge in [-0.15, -0.1) is 0 Å². The Morgan fingerprint density at radius 3 is 3.00 bits per heavy atom. The lowest BCUT2D eigenvalue weighted by atomic mass is 10.2. The van der Waals surface area contributed by atoms with Crippen molar-refractivity contribution in [2.75, 3.05) is 11.4 Å². The van der Waals surface area contributed by atoms with Gasteiger partial charge in [0.05, 0.1) is 16.6 Å². The van der Waals surface area contributed by atoms with E-state index in [0.29, 0.717) is 10.8 Å². The van der Waals surface area contributed by atoms with E-state index >= 15 is 0 Å². The molecule has 3 rings (SSSR count). The number of H-pyrrole nitrogens is 1. The van der Waals surface area contributed by atoms with E-state index in [2.05, 4.69) is 19.9 Å². The normalized spacial score (nSPS) is 18.4. The van der Waals surface area contributed by atoms with Crippen molar-refractivity contribution in [3.63, 3.8) is 0 Å². The molecule has 0 spiro atoms. The summed E-state index contributed by atoms with van der Waals surface area (Å²) in [6.07, 6.45) is 6.82. The van der Waals surface area contributed by atoms with E-state index in [9.17, 15) is 4.79 Å². The average molecular weight is 293 g/mol. The van der Waals surface area contributed by atoms with Crippen LogP contribution in [0.5, 0.6) is 0 Å². The van der Waals surface area contributed by atoms with E-state index in [4.69, 9.17) is 16.7 Å². The van der Waals surface area contributed by atoms with E-state index in [-0.39, 0.29) is 11.6 Å². The maximum absolute atomic E-state index is 10.9. The summed E-state index contributed by atoms with van der Waals surface area (Å²) in [5, 5.41) is 9.29. The van der Waals surface area contributed by atoms with Gasteiger partial charge >= 0.3 is 5.97 Å². The van der Waals surface area contributed by atoms with Crippen molar-refractivity contribution in [3.8, 4) is 0 Å². The summed E-state index contributed by atoms with van der Waals surface area (Å²) in [6.45, 7) is 0.824. The molecule has 6 nitrogen and oxygen atoms in total. The zero-order chi connectivity index (χ0) is 14.1. The Balaban J connectivity index is 1.94. The number of anilines is 1. The van der Waals surface area contributed by atoms with E-state index in [1.165, 1.54) is 12.3 Å². The Labute approximate surface area is 120 Å². The van der Waals surface area contributed by atoms with Crippen molar-refractivity contribution >= 4 is 23.4 Å². The fraction of sp³-hybridized carbons (Fsp3) is 0.308. The van der Waals surface area contributed by atoms with E-state index in [1.54, 1.807) is 12.4 Å². The van der Waals surface area contributed by atoms with Crippen LogP contribution in [0.25, 0.3) is 0 Å². The van der Waals surface area contributed by atoms with E-state index in [1.807, 2.05) is 0 Å². The number of nitrogens with zero attached hydrogens (tertiary/aromatic N) is 3. The molecule has 0 aliphatic carbocycles. The number of aromatic nitrogens is 3. The lowest BCUT2D eigenvalue weighted by molar-refractivity contribution is 0.0696. The number of imidazole rings is 1. The van der Waals surface area contributed by atoms with Gasteiger partial charge in [-0.25, -0.2) is 14.8 Å². The summed E-state index contributed by atoms with van der Waals surface area (Å²) in [4.78, 5) is 24.6. The minimum absolute atomic E-state index is 0.0903. The Morgan fingerprint density at radius 1 is 1.50 bits per heavy atom. The molecule has 0 saturated carbocycles. The Kier molecular flexibility index (Phi) is 3.31. The molecule has 7 heteroatoms. The van der Waals surface area contributed by atoms with Crippen LogP contribution in [0.3, 0.4) is 0 Å². The highest BCUT2D eigenvalue weighted by Crippen LogP contribution is 2.37. The summed E-state index contributed by atoms with van der Waals surface area (Å²) in [5.41, 5.74) is 0.0903. The number of carboxylic acids is 1. The van der Waals surface area contributed by atoms with Gasteiger partial charge in [0.15, 0.2) is 0 Å². The monoisotopic (exact) mass is 292 g/mol. The molecule has 1 fully saturated rings. The minimum atomic E-state index is -1.03. The predicted molar refractivity (Wildman–Crippen MR) is 74.1 cm³/mol. The molecule has 1 aliphatic heterocycles. The number of hydrogen-bond donors (Lipinski definition) is 2. The van der Waals surface area contributed by atoms with Gasteiger partial charge in [0.25, 0.3) is 0 Å². The van der Waals surface area contributed by atoms with Crippen LogP contribution in [-0.4, -0.2) is 32.6 Å². The van der Waals surface area contributed by atoms with Crippen LogP contribution in [-0.2, 0) is 0 Å². The zero-order valence-electron chi connectivity index (χ0n) is 10.6. The number of pyridine rings is 1.